The predicted octanol–water partition coefficient (Wildman–Crippen LogP) is 1.44. The van der Waals surface area contributed by atoms with E-state index in [1.807, 2.05) is 0 Å². The minimum Gasteiger partial charge on any atom is -0.446 e. The third kappa shape index (κ3) is 4.33. The number of nitrogens with zero attached hydrogens (tertiary/aromatic N) is 1. The minimum absolute atomic E-state index is 0.275. The molecular formula is C13H12N2O3S2. The first-order valence-corrected chi connectivity index (χ1v) is 7.96. The Morgan fingerprint density at radius 3 is 2.95 bits per heavy atom. The number of thiol groups is 1. The smallest absolute Gasteiger partial charge is 0.229 e. The van der Waals surface area contributed by atoms with Gasteiger partial charge in [0.25, 0.3) is 0 Å². The zero-order chi connectivity index (χ0) is 14.6. The summed E-state index contributed by atoms with van der Waals surface area (Å²) in [5.74, 6) is 6.53. The molecule has 1 heterocycles. The van der Waals surface area contributed by atoms with Crippen LogP contribution in [-0.4, -0.2) is 19.7 Å². The molecule has 1 aliphatic carbocycles. The molecule has 0 aliphatic heterocycles. The molecule has 0 amide bonds. The highest BCUT2D eigenvalue weighted by molar-refractivity contribution is 7.88. The maximum atomic E-state index is 11.2. The fourth-order valence-corrected chi connectivity index (χ4v) is 2.34. The average molecular weight is 308 g/mol. The summed E-state index contributed by atoms with van der Waals surface area (Å²) in [4.78, 5) is 4.38. The van der Waals surface area contributed by atoms with Gasteiger partial charge in [-0.05, 0) is 24.1 Å². The molecular weight excluding hydrogens is 296 g/mol. The van der Waals surface area contributed by atoms with Gasteiger partial charge in [-0.25, -0.2) is 8.42 Å². The number of sulfonamides is 1. The molecule has 104 valence electrons. The molecule has 0 bridgehead atoms. The van der Waals surface area contributed by atoms with E-state index in [2.05, 4.69) is 34.2 Å². The second kappa shape index (κ2) is 6.03. The normalized spacial score (nSPS) is 14.8. The van der Waals surface area contributed by atoms with Crippen molar-refractivity contribution in [3.05, 3.63) is 47.0 Å². The number of aromatic nitrogens is 1. The maximum absolute atomic E-state index is 11.2. The number of rotatable bonds is 4. The molecule has 1 aliphatic rings. The quantitative estimate of drug-likeness (QED) is 0.652. The molecule has 0 spiro atoms. The van der Waals surface area contributed by atoms with Crippen LogP contribution in [0.3, 0.4) is 0 Å². The highest BCUT2D eigenvalue weighted by atomic mass is 32.2. The second-order valence-corrected chi connectivity index (χ2v) is 6.26. The van der Waals surface area contributed by atoms with Gasteiger partial charge in [0.1, 0.15) is 5.75 Å². The molecule has 2 rings (SSSR count). The van der Waals surface area contributed by atoms with E-state index >= 15 is 0 Å². The Labute approximate surface area is 123 Å². The monoisotopic (exact) mass is 308 g/mol. The Bertz CT molecular complexity index is 726. The van der Waals surface area contributed by atoms with Gasteiger partial charge in [0, 0.05) is 11.9 Å². The van der Waals surface area contributed by atoms with Crippen molar-refractivity contribution in [1.29, 1.82) is 0 Å². The molecule has 0 radical (unpaired) electrons. The van der Waals surface area contributed by atoms with Crippen molar-refractivity contribution in [3.63, 3.8) is 0 Å². The number of ether oxygens (including phenoxy) is 1. The molecule has 0 saturated heterocycles. The Morgan fingerprint density at radius 2 is 2.30 bits per heavy atom. The van der Waals surface area contributed by atoms with Gasteiger partial charge in [-0.1, -0.05) is 5.92 Å². The van der Waals surface area contributed by atoms with E-state index in [0.717, 1.165) is 6.26 Å². The second-order valence-electron chi connectivity index (χ2n) is 4.03. The highest BCUT2D eigenvalue weighted by Gasteiger charge is 2.10. The first kappa shape index (κ1) is 14.5. The summed E-state index contributed by atoms with van der Waals surface area (Å²) in [6.07, 6.45) is 6.12. The van der Waals surface area contributed by atoms with Crippen LogP contribution in [0.15, 0.2) is 47.0 Å². The first-order valence-electron chi connectivity index (χ1n) is 5.62. The lowest BCUT2D eigenvalue weighted by molar-refractivity contribution is 0.447. The van der Waals surface area contributed by atoms with Crippen LogP contribution in [-0.2, 0) is 10.0 Å². The summed E-state index contributed by atoms with van der Waals surface area (Å²) in [7, 11) is -3.33. The van der Waals surface area contributed by atoms with Gasteiger partial charge >= 0.3 is 0 Å². The zero-order valence-corrected chi connectivity index (χ0v) is 12.3. The summed E-state index contributed by atoms with van der Waals surface area (Å²) < 4.78 is 30.4. The molecule has 1 aromatic heterocycles. The van der Waals surface area contributed by atoms with Crippen LogP contribution in [0.2, 0.25) is 0 Å². The van der Waals surface area contributed by atoms with Crippen molar-refractivity contribution in [1.82, 2.24) is 9.71 Å². The van der Waals surface area contributed by atoms with E-state index in [0.29, 0.717) is 22.1 Å². The van der Waals surface area contributed by atoms with Gasteiger partial charge in [-0.3, -0.25) is 9.71 Å². The fraction of sp³-hybridized carbons (Fsp3) is 0.154. The molecule has 20 heavy (non-hydrogen) atoms. The number of nitrogens with one attached hydrogen (secondary N) is 1. The first-order chi connectivity index (χ1) is 9.44. The van der Waals surface area contributed by atoms with Crippen LogP contribution in [0.5, 0.6) is 5.75 Å². The van der Waals surface area contributed by atoms with Crippen LogP contribution >= 0.6 is 12.6 Å². The van der Waals surface area contributed by atoms with Crippen molar-refractivity contribution in [2.75, 3.05) is 6.26 Å². The summed E-state index contributed by atoms with van der Waals surface area (Å²) in [5, 5.41) is 0. The van der Waals surface area contributed by atoms with Gasteiger partial charge in [0.2, 0.25) is 10.0 Å². The predicted molar refractivity (Wildman–Crippen MR) is 79.3 cm³/mol. The lowest BCUT2D eigenvalue weighted by Gasteiger charge is -2.06. The van der Waals surface area contributed by atoms with E-state index in [1.54, 1.807) is 30.6 Å². The van der Waals surface area contributed by atoms with Crippen LogP contribution in [0.1, 0.15) is 6.42 Å². The molecule has 1 aromatic rings. The van der Waals surface area contributed by atoms with Crippen LogP contribution in [0.25, 0.3) is 0 Å². The molecule has 5 nitrogen and oxygen atoms in total. The molecule has 1 N–H and O–H groups in total. The third-order valence-corrected chi connectivity index (χ3v) is 3.16. The van der Waals surface area contributed by atoms with E-state index in [-0.39, 0.29) is 6.42 Å². The van der Waals surface area contributed by atoms with Crippen molar-refractivity contribution >= 4 is 22.7 Å². The van der Waals surface area contributed by atoms with Crippen molar-refractivity contribution in [2.45, 2.75) is 6.42 Å². The number of allylic oxidation sites excluding steroid dienone is 3. The lowest BCUT2D eigenvalue weighted by atomic mass is 10.3. The summed E-state index contributed by atoms with van der Waals surface area (Å²) in [6.45, 7) is 0. The van der Waals surface area contributed by atoms with Gasteiger partial charge in [-0.2, -0.15) is 0 Å². The molecule has 0 aromatic carbocycles. The Hall–Kier alpha value is -1.91. The van der Waals surface area contributed by atoms with Crippen LogP contribution < -0.4 is 9.46 Å². The Morgan fingerprint density at radius 1 is 1.50 bits per heavy atom. The van der Waals surface area contributed by atoms with Gasteiger partial charge in [0.15, 0.2) is 5.76 Å². The lowest BCUT2D eigenvalue weighted by Crippen LogP contribution is -2.21. The van der Waals surface area contributed by atoms with Crippen molar-refractivity contribution in [2.24, 2.45) is 0 Å². The number of hydrogen-bond donors (Lipinski definition) is 2. The van der Waals surface area contributed by atoms with Crippen molar-refractivity contribution < 1.29 is 13.2 Å². The number of pyridine rings is 1. The zero-order valence-electron chi connectivity index (χ0n) is 10.6. The highest BCUT2D eigenvalue weighted by Crippen LogP contribution is 2.20. The topological polar surface area (TPSA) is 68.3 Å². The van der Waals surface area contributed by atoms with E-state index < -0.39 is 10.0 Å². The maximum Gasteiger partial charge on any atom is 0.229 e. The van der Waals surface area contributed by atoms with Gasteiger partial charge < -0.3 is 4.74 Å². The fourth-order valence-electron chi connectivity index (χ4n) is 1.47. The molecule has 0 saturated carbocycles. The third-order valence-electron chi connectivity index (χ3n) is 2.20. The van der Waals surface area contributed by atoms with Gasteiger partial charge in [-0.15, -0.1) is 12.6 Å². The molecule has 0 unspecified atom stereocenters. The molecule has 0 atom stereocenters. The van der Waals surface area contributed by atoms with Crippen molar-refractivity contribution in [3.8, 4) is 17.6 Å². The SMILES string of the molecule is CS(=O)(=O)NC1=CC(S)=C(Oc2cccnc2)C#CC1. The Kier molecular flexibility index (Phi) is 4.37. The summed E-state index contributed by atoms with van der Waals surface area (Å²) in [5.41, 5.74) is 0.454. The Balaban J connectivity index is 2.24. The van der Waals surface area contributed by atoms with E-state index in [9.17, 15) is 8.42 Å². The summed E-state index contributed by atoms with van der Waals surface area (Å²) >= 11 is 4.28. The van der Waals surface area contributed by atoms with Crippen LogP contribution in [0.4, 0.5) is 0 Å². The van der Waals surface area contributed by atoms with E-state index in [1.165, 1.54) is 0 Å². The van der Waals surface area contributed by atoms with Gasteiger partial charge in [0.05, 0.1) is 23.8 Å². The average Bonchev–Trinajstić information content (AvgIpc) is 2.51. The largest absolute Gasteiger partial charge is 0.446 e. The molecule has 0 fully saturated rings. The summed E-state index contributed by atoms with van der Waals surface area (Å²) in [6, 6.07) is 3.48. The standard InChI is InChI=1S/C13H12N2O3S2/c1-20(16,17)15-10-4-2-6-12(13(19)8-10)18-11-5-3-7-14-9-11/h3,5,7-9,15,19H,4H2,1H3. The molecule has 7 heteroatoms. The van der Waals surface area contributed by atoms with Crippen LogP contribution in [0, 0.1) is 11.8 Å². The number of hydrogen-bond acceptors (Lipinski definition) is 5. The van der Waals surface area contributed by atoms with E-state index in [4.69, 9.17) is 4.74 Å². The minimum atomic E-state index is -3.33.